The second-order valence-electron chi connectivity index (χ2n) is 4.12. The lowest BCUT2D eigenvalue weighted by atomic mass is 10.1. The summed E-state index contributed by atoms with van der Waals surface area (Å²) in [5.74, 6) is -0.834. The van der Waals surface area contributed by atoms with Gasteiger partial charge in [-0.2, -0.15) is 4.39 Å². The summed E-state index contributed by atoms with van der Waals surface area (Å²) in [4.78, 5) is 17.4. The van der Waals surface area contributed by atoms with Crippen molar-refractivity contribution < 1.29 is 13.9 Å². The van der Waals surface area contributed by atoms with E-state index in [0.717, 1.165) is 12.5 Å². The zero-order chi connectivity index (χ0) is 13.5. The summed E-state index contributed by atoms with van der Waals surface area (Å²) in [6.45, 7) is 4.92. The van der Waals surface area contributed by atoms with E-state index >= 15 is 0 Å². The van der Waals surface area contributed by atoms with E-state index in [-0.39, 0.29) is 11.9 Å². The number of amides is 1. The molecule has 4 nitrogen and oxygen atoms in total. The van der Waals surface area contributed by atoms with E-state index in [9.17, 15) is 9.18 Å². The van der Waals surface area contributed by atoms with Gasteiger partial charge >= 0.3 is 0 Å². The maximum absolute atomic E-state index is 13.0. The molecule has 1 aromatic rings. The fourth-order valence-corrected chi connectivity index (χ4v) is 1.63. The molecule has 1 unspecified atom stereocenters. The van der Waals surface area contributed by atoms with E-state index in [1.165, 1.54) is 12.3 Å². The SMILES string of the molecule is CCC(C)N(CCOC)C(=O)c1ccnc(F)c1. The number of carbonyl (C=O) groups excluding carboxylic acids is 1. The third-order valence-electron chi connectivity index (χ3n) is 2.89. The summed E-state index contributed by atoms with van der Waals surface area (Å²) in [5, 5.41) is 0. The number of rotatable bonds is 6. The number of hydrogen-bond donors (Lipinski definition) is 0. The number of halogens is 1. The van der Waals surface area contributed by atoms with Crippen LogP contribution in [0.3, 0.4) is 0 Å². The van der Waals surface area contributed by atoms with Gasteiger partial charge in [0.05, 0.1) is 6.61 Å². The topological polar surface area (TPSA) is 42.4 Å². The Kier molecular flexibility index (Phi) is 5.71. The van der Waals surface area contributed by atoms with Crippen molar-refractivity contribution in [1.29, 1.82) is 0 Å². The van der Waals surface area contributed by atoms with Crippen molar-refractivity contribution >= 4 is 5.91 Å². The van der Waals surface area contributed by atoms with E-state index in [1.807, 2.05) is 13.8 Å². The molecular weight excluding hydrogens is 235 g/mol. The van der Waals surface area contributed by atoms with Crippen LogP contribution in [0.15, 0.2) is 18.3 Å². The van der Waals surface area contributed by atoms with Crippen LogP contribution in [-0.4, -0.2) is 42.1 Å². The Balaban J connectivity index is 2.87. The zero-order valence-corrected chi connectivity index (χ0v) is 11.0. The van der Waals surface area contributed by atoms with E-state index in [0.29, 0.717) is 18.7 Å². The van der Waals surface area contributed by atoms with Crippen molar-refractivity contribution in [1.82, 2.24) is 9.88 Å². The molecule has 0 aliphatic heterocycles. The molecule has 1 aromatic heterocycles. The monoisotopic (exact) mass is 254 g/mol. The Morgan fingerprint density at radius 1 is 1.61 bits per heavy atom. The van der Waals surface area contributed by atoms with Crippen LogP contribution in [0.5, 0.6) is 0 Å². The summed E-state index contributed by atoms with van der Waals surface area (Å²) >= 11 is 0. The van der Waals surface area contributed by atoms with E-state index < -0.39 is 5.95 Å². The van der Waals surface area contributed by atoms with Crippen molar-refractivity contribution in [2.45, 2.75) is 26.3 Å². The molecule has 5 heteroatoms. The molecule has 1 rings (SSSR count). The number of pyridine rings is 1. The van der Waals surface area contributed by atoms with Crippen molar-refractivity contribution in [2.24, 2.45) is 0 Å². The van der Waals surface area contributed by atoms with Gasteiger partial charge < -0.3 is 9.64 Å². The first-order valence-corrected chi connectivity index (χ1v) is 6.01. The average molecular weight is 254 g/mol. The molecule has 100 valence electrons. The first kappa shape index (κ1) is 14.6. The van der Waals surface area contributed by atoms with E-state index in [1.54, 1.807) is 12.0 Å². The minimum absolute atomic E-state index is 0.0869. The molecule has 1 heterocycles. The Labute approximate surface area is 107 Å². The first-order chi connectivity index (χ1) is 8.60. The summed E-state index contributed by atoms with van der Waals surface area (Å²) in [5.41, 5.74) is 0.318. The van der Waals surface area contributed by atoms with Gasteiger partial charge in [0, 0.05) is 37.5 Å². The molecule has 0 fully saturated rings. The summed E-state index contributed by atoms with van der Waals surface area (Å²) < 4.78 is 18.0. The van der Waals surface area contributed by atoms with Crippen LogP contribution >= 0.6 is 0 Å². The van der Waals surface area contributed by atoms with Crippen LogP contribution in [-0.2, 0) is 4.74 Å². The molecule has 0 aromatic carbocycles. The zero-order valence-electron chi connectivity index (χ0n) is 11.0. The molecule has 1 amide bonds. The highest BCUT2D eigenvalue weighted by Gasteiger charge is 2.20. The van der Waals surface area contributed by atoms with Crippen LogP contribution < -0.4 is 0 Å². The van der Waals surface area contributed by atoms with E-state index in [2.05, 4.69) is 4.98 Å². The summed E-state index contributed by atoms with van der Waals surface area (Å²) in [7, 11) is 1.59. The molecule has 0 saturated heterocycles. The van der Waals surface area contributed by atoms with Gasteiger partial charge in [-0.15, -0.1) is 0 Å². The number of methoxy groups -OCH3 is 1. The largest absolute Gasteiger partial charge is 0.383 e. The molecular formula is C13H19FN2O2. The van der Waals surface area contributed by atoms with Gasteiger partial charge in [0.2, 0.25) is 5.95 Å². The lowest BCUT2D eigenvalue weighted by Gasteiger charge is -2.28. The predicted molar refractivity (Wildman–Crippen MR) is 66.9 cm³/mol. The van der Waals surface area contributed by atoms with Crippen LogP contribution in [0.1, 0.15) is 30.6 Å². The molecule has 0 saturated carbocycles. The van der Waals surface area contributed by atoms with Gasteiger partial charge in [0.15, 0.2) is 0 Å². The molecule has 0 aliphatic rings. The normalized spacial score (nSPS) is 12.2. The maximum atomic E-state index is 13.0. The van der Waals surface area contributed by atoms with Crippen LogP contribution in [0.25, 0.3) is 0 Å². The molecule has 18 heavy (non-hydrogen) atoms. The van der Waals surface area contributed by atoms with Gasteiger partial charge in [-0.25, -0.2) is 4.98 Å². The number of aromatic nitrogens is 1. The van der Waals surface area contributed by atoms with Gasteiger partial charge in [-0.3, -0.25) is 4.79 Å². The van der Waals surface area contributed by atoms with Gasteiger partial charge in [0.25, 0.3) is 5.91 Å². The van der Waals surface area contributed by atoms with Crippen molar-refractivity contribution in [2.75, 3.05) is 20.3 Å². The van der Waals surface area contributed by atoms with Crippen molar-refractivity contribution in [3.8, 4) is 0 Å². The first-order valence-electron chi connectivity index (χ1n) is 6.01. The highest BCUT2D eigenvalue weighted by atomic mass is 19.1. The highest BCUT2D eigenvalue weighted by Crippen LogP contribution is 2.11. The van der Waals surface area contributed by atoms with Crippen molar-refractivity contribution in [3.63, 3.8) is 0 Å². The lowest BCUT2D eigenvalue weighted by Crippen LogP contribution is -2.40. The fourth-order valence-electron chi connectivity index (χ4n) is 1.63. The van der Waals surface area contributed by atoms with Gasteiger partial charge in [-0.1, -0.05) is 6.92 Å². The average Bonchev–Trinajstić information content (AvgIpc) is 2.38. The number of ether oxygens (including phenoxy) is 1. The minimum Gasteiger partial charge on any atom is -0.383 e. The number of nitrogens with zero attached hydrogens (tertiary/aromatic N) is 2. The van der Waals surface area contributed by atoms with Crippen molar-refractivity contribution in [3.05, 3.63) is 29.8 Å². The summed E-state index contributed by atoms with van der Waals surface area (Å²) in [6.07, 6.45) is 2.14. The van der Waals surface area contributed by atoms with Gasteiger partial charge in [0.1, 0.15) is 0 Å². The Morgan fingerprint density at radius 3 is 2.89 bits per heavy atom. The smallest absolute Gasteiger partial charge is 0.254 e. The Bertz CT molecular complexity index is 398. The molecule has 0 bridgehead atoms. The van der Waals surface area contributed by atoms with Crippen LogP contribution in [0.4, 0.5) is 4.39 Å². The van der Waals surface area contributed by atoms with Crippen LogP contribution in [0.2, 0.25) is 0 Å². The highest BCUT2D eigenvalue weighted by molar-refractivity contribution is 5.94. The number of carbonyl (C=O) groups is 1. The fraction of sp³-hybridized carbons (Fsp3) is 0.538. The molecule has 0 spiro atoms. The maximum Gasteiger partial charge on any atom is 0.254 e. The lowest BCUT2D eigenvalue weighted by molar-refractivity contribution is 0.0613. The predicted octanol–water partition coefficient (Wildman–Crippen LogP) is 2.11. The molecule has 1 atom stereocenters. The third kappa shape index (κ3) is 3.77. The quantitative estimate of drug-likeness (QED) is 0.730. The molecule has 0 aliphatic carbocycles. The second kappa shape index (κ2) is 7.06. The molecule has 0 radical (unpaired) electrons. The van der Waals surface area contributed by atoms with Crippen LogP contribution in [0, 0.1) is 5.95 Å². The van der Waals surface area contributed by atoms with E-state index in [4.69, 9.17) is 4.74 Å². The third-order valence-corrected chi connectivity index (χ3v) is 2.89. The Morgan fingerprint density at radius 2 is 2.33 bits per heavy atom. The van der Waals surface area contributed by atoms with Gasteiger partial charge in [-0.05, 0) is 19.4 Å². The standard InChI is InChI=1S/C13H19FN2O2/c1-4-10(2)16(7-8-18-3)13(17)11-5-6-15-12(14)9-11/h5-6,9-10H,4,7-8H2,1-3H3. The second-order valence-corrected chi connectivity index (χ2v) is 4.12. The molecule has 0 N–H and O–H groups in total. The number of hydrogen-bond acceptors (Lipinski definition) is 3. The Hall–Kier alpha value is -1.49. The summed E-state index contributed by atoms with van der Waals surface area (Å²) in [6, 6.07) is 2.77. The minimum atomic E-state index is -0.642.